The summed E-state index contributed by atoms with van der Waals surface area (Å²) >= 11 is 0. The summed E-state index contributed by atoms with van der Waals surface area (Å²) in [6.45, 7) is 8.45. The Morgan fingerprint density at radius 3 is 2.30 bits per heavy atom. The van der Waals surface area contributed by atoms with Crippen LogP contribution in [-0.4, -0.2) is 75.6 Å². The number of hydrogen-bond acceptors (Lipinski definition) is 11. The number of anilines is 1. The van der Waals surface area contributed by atoms with Gasteiger partial charge in [-0.2, -0.15) is 0 Å². The Morgan fingerprint density at radius 1 is 0.884 bits per heavy atom. The SMILES string of the molecule is C=C(NCCOCCOCCOCCNCN)Nc1ccc(-c2c3ccc(=O)cc-3oc3cc(O)ccc23)c(C(=O)O)c1. The first kappa shape index (κ1) is 31.5. The van der Waals surface area contributed by atoms with Crippen molar-refractivity contribution in [2.24, 2.45) is 5.73 Å². The molecule has 0 fully saturated rings. The van der Waals surface area contributed by atoms with E-state index < -0.39 is 5.97 Å². The maximum absolute atomic E-state index is 12.4. The Morgan fingerprint density at radius 2 is 1.58 bits per heavy atom. The predicted octanol–water partition coefficient (Wildman–Crippen LogP) is 3.00. The topological polar surface area (TPSA) is 178 Å². The Bertz CT molecular complexity index is 1570. The van der Waals surface area contributed by atoms with Gasteiger partial charge in [-0.25, -0.2) is 4.79 Å². The molecule has 12 nitrogen and oxygen atoms in total. The molecule has 43 heavy (non-hydrogen) atoms. The predicted molar refractivity (Wildman–Crippen MR) is 163 cm³/mol. The summed E-state index contributed by atoms with van der Waals surface area (Å²) in [7, 11) is 0. The summed E-state index contributed by atoms with van der Waals surface area (Å²) in [4.78, 5) is 24.4. The number of carboxylic acid groups (broad SMARTS) is 1. The number of aromatic hydroxyl groups is 1. The highest BCUT2D eigenvalue weighted by Gasteiger charge is 2.22. The van der Waals surface area contributed by atoms with Gasteiger partial charge in [0.05, 0.1) is 51.0 Å². The number of hydrogen-bond donors (Lipinski definition) is 6. The van der Waals surface area contributed by atoms with E-state index in [0.717, 1.165) is 0 Å². The number of phenols is 1. The number of aromatic carboxylic acids is 1. The Labute approximate surface area is 248 Å². The Hall–Kier alpha value is -4.46. The number of phenolic OH excluding ortho intramolecular Hbond substituents is 1. The van der Waals surface area contributed by atoms with Crippen molar-refractivity contribution in [1.29, 1.82) is 0 Å². The van der Waals surface area contributed by atoms with Gasteiger partial charge in [0.15, 0.2) is 5.43 Å². The van der Waals surface area contributed by atoms with Crippen molar-refractivity contribution in [3.05, 3.63) is 82.8 Å². The largest absolute Gasteiger partial charge is 0.508 e. The minimum atomic E-state index is -1.13. The second-order valence-corrected chi connectivity index (χ2v) is 9.45. The summed E-state index contributed by atoms with van der Waals surface area (Å²) in [6.07, 6.45) is 0. The molecule has 1 aliphatic heterocycles. The van der Waals surface area contributed by atoms with Gasteiger partial charge in [0.1, 0.15) is 17.1 Å². The number of nitrogens with one attached hydrogen (secondary N) is 3. The van der Waals surface area contributed by atoms with Crippen LogP contribution < -0.4 is 27.1 Å². The van der Waals surface area contributed by atoms with Crippen molar-refractivity contribution < 1.29 is 33.6 Å². The zero-order chi connectivity index (χ0) is 30.6. The molecule has 7 N–H and O–H groups in total. The number of rotatable bonds is 18. The van der Waals surface area contributed by atoms with Crippen LogP contribution in [0.3, 0.4) is 0 Å². The van der Waals surface area contributed by atoms with Crippen LogP contribution in [0.15, 0.2) is 76.2 Å². The molecular formula is C31H36N4O8. The van der Waals surface area contributed by atoms with Gasteiger partial charge in [0.25, 0.3) is 0 Å². The molecule has 1 aliphatic carbocycles. The molecule has 2 aromatic carbocycles. The van der Waals surface area contributed by atoms with Gasteiger partial charge in [-0.15, -0.1) is 0 Å². The summed E-state index contributed by atoms with van der Waals surface area (Å²) in [5.74, 6) is -0.398. The van der Waals surface area contributed by atoms with E-state index in [-0.39, 0.29) is 22.5 Å². The monoisotopic (exact) mass is 592 g/mol. The summed E-state index contributed by atoms with van der Waals surface area (Å²) in [6, 6.07) is 13.9. The van der Waals surface area contributed by atoms with Crippen LogP contribution in [0.5, 0.6) is 5.75 Å². The fourth-order valence-electron chi connectivity index (χ4n) is 4.45. The normalized spacial score (nSPS) is 11.2. The summed E-state index contributed by atoms with van der Waals surface area (Å²) < 4.78 is 22.3. The molecule has 0 saturated heterocycles. The first-order chi connectivity index (χ1) is 20.9. The van der Waals surface area contributed by atoms with Crippen LogP contribution in [0, 0.1) is 0 Å². The van der Waals surface area contributed by atoms with Crippen LogP contribution in [0.4, 0.5) is 5.69 Å². The van der Waals surface area contributed by atoms with Gasteiger partial charge < -0.3 is 50.5 Å². The highest BCUT2D eigenvalue weighted by Crippen LogP contribution is 2.42. The molecular weight excluding hydrogens is 556 g/mol. The second-order valence-electron chi connectivity index (χ2n) is 9.45. The standard InChI is InChI=1S/C31H36N4O8/c1-20(34-9-11-41-13-15-42-14-12-40-10-8-33-19-32)35-21-2-5-24(27(16-21)31(38)39)30-25-6-3-22(36)17-28(25)43-29-18-23(37)4-7-26(29)30/h2-7,16-18,33-36H,1,8-15,19,32H2,(H,38,39). The van der Waals surface area contributed by atoms with E-state index in [2.05, 4.69) is 22.5 Å². The van der Waals surface area contributed by atoms with E-state index in [4.69, 9.17) is 24.4 Å². The van der Waals surface area contributed by atoms with Crippen LogP contribution in [0.1, 0.15) is 10.4 Å². The quantitative estimate of drug-likeness (QED) is 0.0566. The first-order valence-electron chi connectivity index (χ1n) is 13.8. The third kappa shape index (κ3) is 8.77. The molecule has 2 aromatic rings. The molecule has 0 radical (unpaired) electrons. The lowest BCUT2D eigenvalue weighted by molar-refractivity contribution is 0.0160. The number of fused-ring (bicyclic) bond motifs is 2. The van der Waals surface area contributed by atoms with Crippen molar-refractivity contribution in [1.82, 2.24) is 10.6 Å². The molecule has 0 bridgehead atoms. The fourth-order valence-corrected chi connectivity index (χ4v) is 4.45. The fraction of sp³-hybridized carbons (Fsp3) is 0.290. The maximum Gasteiger partial charge on any atom is 0.336 e. The second kappa shape index (κ2) is 15.7. The van der Waals surface area contributed by atoms with E-state index in [1.807, 2.05) is 0 Å². The van der Waals surface area contributed by atoms with Gasteiger partial charge >= 0.3 is 5.97 Å². The van der Waals surface area contributed by atoms with E-state index in [0.29, 0.717) is 98.6 Å². The lowest BCUT2D eigenvalue weighted by Gasteiger charge is -2.18. The molecule has 12 heteroatoms. The zero-order valence-corrected chi connectivity index (χ0v) is 23.7. The van der Waals surface area contributed by atoms with Crippen molar-refractivity contribution >= 4 is 22.6 Å². The lowest BCUT2D eigenvalue weighted by Crippen LogP contribution is -2.26. The molecule has 0 saturated carbocycles. The summed E-state index contributed by atoms with van der Waals surface area (Å²) in [5, 5.41) is 29.9. The van der Waals surface area contributed by atoms with Crippen molar-refractivity contribution in [3.63, 3.8) is 0 Å². The van der Waals surface area contributed by atoms with Gasteiger partial charge in [0.2, 0.25) is 0 Å². The van der Waals surface area contributed by atoms with Gasteiger partial charge in [-0.1, -0.05) is 12.6 Å². The van der Waals surface area contributed by atoms with E-state index in [1.165, 1.54) is 30.3 Å². The van der Waals surface area contributed by atoms with Crippen LogP contribution in [0.2, 0.25) is 0 Å². The molecule has 2 aliphatic rings. The highest BCUT2D eigenvalue weighted by atomic mass is 16.5. The van der Waals surface area contributed by atoms with E-state index >= 15 is 0 Å². The number of carboxylic acids is 1. The van der Waals surface area contributed by atoms with Gasteiger partial charge in [0, 0.05) is 54.1 Å². The minimum absolute atomic E-state index is 0.0175. The third-order valence-corrected chi connectivity index (χ3v) is 6.39. The van der Waals surface area contributed by atoms with Gasteiger partial charge in [-0.05, 0) is 42.0 Å². The van der Waals surface area contributed by atoms with E-state index in [1.54, 1.807) is 24.3 Å². The number of ether oxygens (including phenoxy) is 3. The van der Waals surface area contributed by atoms with Crippen LogP contribution in [0.25, 0.3) is 33.4 Å². The van der Waals surface area contributed by atoms with Crippen molar-refractivity contribution in [2.75, 3.05) is 64.7 Å². The number of benzene rings is 3. The van der Waals surface area contributed by atoms with Crippen molar-refractivity contribution in [2.45, 2.75) is 0 Å². The summed E-state index contributed by atoms with van der Waals surface area (Å²) in [5.41, 5.74) is 7.52. The number of carbonyl (C=O) groups is 1. The molecule has 4 rings (SSSR count). The number of nitrogens with two attached hydrogens (primary N) is 1. The van der Waals surface area contributed by atoms with Crippen molar-refractivity contribution in [3.8, 4) is 28.2 Å². The Balaban J connectivity index is 1.34. The molecule has 228 valence electrons. The first-order valence-corrected chi connectivity index (χ1v) is 13.8. The maximum atomic E-state index is 12.4. The lowest BCUT2D eigenvalue weighted by atomic mass is 9.90. The highest BCUT2D eigenvalue weighted by molar-refractivity contribution is 6.08. The molecule has 0 spiro atoms. The Kier molecular flexibility index (Phi) is 11.5. The molecule has 0 amide bonds. The molecule has 0 atom stereocenters. The van der Waals surface area contributed by atoms with Crippen LogP contribution >= 0.6 is 0 Å². The zero-order valence-electron chi connectivity index (χ0n) is 23.7. The average molecular weight is 593 g/mol. The molecule has 0 aromatic heterocycles. The third-order valence-electron chi connectivity index (χ3n) is 6.39. The molecule has 1 heterocycles. The average Bonchev–Trinajstić information content (AvgIpc) is 2.98. The smallest absolute Gasteiger partial charge is 0.336 e. The molecule has 0 unspecified atom stereocenters. The minimum Gasteiger partial charge on any atom is -0.508 e. The van der Waals surface area contributed by atoms with Crippen LogP contribution in [-0.2, 0) is 14.2 Å². The van der Waals surface area contributed by atoms with E-state index in [9.17, 15) is 19.8 Å². The van der Waals surface area contributed by atoms with Gasteiger partial charge in [-0.3, -0.25) is 4.79 Å².